The first-order valence-corrected chi connectivity index (χ1v) is 27.3. The summed E-state index contributed by atoms with van der Waals surface area (Å²) in [6, 6.07) is 65.2. The smallest absolute Gasteiger partial charge is 0.264 e. The van der Waals surface area contributed by atoms with Crippen LogP contribution in [0.15, 0.2) is 170 Å². The zero-order valence-corrected chi connectivity index (χ0v) is 45.7. The highest BCUT2D eigenvalue weighted by atomic mass is 32.1. The molecule has 73 heavy (non-hydrogen) atoms. The average Bonchev–Trinajstić information content (AvgIpc) is 3.74. The summed E-state index contributed by atoms with van der Waals surface area (Å²) in [7, 11) is 0. The predicted molar refractivity (Wildman–Crippen MR) is 318 cm³/mol. The maximum absolute atomic E-state index is 2.67. The van der Waals surface area contributed by atoms with E-state index in [9.17, 15) is 0 Å². The SMILES string of the molecule is Cc1ccc(C)c(-c2ccc(N3c4cc(N(c5ccccc5)c5ccccc5)cc5c4B(c4cc(C(C)(C)C)ccc4N5c4ccc(C(C)(C)C)cc4)c4sc5cc6c(cc5c43)C(C)(C)CCC6(C)C)cc2)c1. The second kappa shape index (κ2) is 16.9. The number of rotatable bonds is 6. The molecule has 0 bridgehead atoms. The van der Waals surface area contributed by atoms with E-state index >= 15 is 0 Å². The van der Waals surface area contributed by atoms with Crippen molar-refractivity contribution in [3.05, 3.63) is 203 Å². The van der Waals surface area contributed by atoms with Crippen molar-refractivity contribution in [2.45, 2.75) is 118 Å². The summed E-state index contributed by atoms with van der Waals surface area (Å²) < 4.78 is 2.77. The topological polar surface area (TPSA) is 9.72 Å². The number of hydrogen-bond donors (Lipinski definition) is 0. The Bertz CT molecular complexity index is 3570. The van der Waals surface area contributed by atoms with Crippen LogP contribution in [-0.4, -0.2) is 6.71 Å². The van der Waals surface area contributed by atoms with Gasteiger partial charge in [-0.05, 0) is 177 Å². The van der Waals surface area contributed by atoms with Crippen LogP contribution in [0.4, 0.5) is 51.2 Å². The molecule has 0 saturated heterocycles. The Balaban J connectivity index is 1.22. The van der Waals surface area contributed by atoms with Crippen LogP contribution in [0.1, 0.15) is 115 Å². The zero-order chi connectivity index (χ0) is 50.9. The number of hydrogen-bond acceptors (Lipinski definition) is 4. The van der Waals surface area contributed by atoms with E-state index in [1.807, 2.05) is 11.3 Å². The lowest BCUT2D eigenvalue weighted by Gasteiger charge is -2.44. The van der Waals surface area contributed by atoms with E-state index < -0.39 is 0 Å². The summed E-state index contributed by atoms with van der Waals surface area (Å²) in [6.07, 6.45) is 2.34. The van der Waals surface area contributed by atoms with Gasteiger partial charge in [0.15, 0.2) is 0 Å². The van der Waals surface area contributed by atoms with E-state index in [2.05, 4.69) is 268 Å². The van der Waals surface area contributed by atoms with Gasteiger partial charge >= 0.3 is 0 Å². The van der Waals surface area contributed by atoms with Gasteiger partial charge in [0.2, 0.25) is 0 Å². The van der Waals surface area contributed by atoms with Gasteiger partial charge in [0.25, 0.3) is 6.71 Å². The summed E-state index contributed by atoms with van der Waals surface area (Å²) >= 11 is 2.03. The molecule has 8 aromatic carbocycles. The molecule has 364 valence electrons. The lowest BCUT2D eigenvalue weighted by Crippen LogP contribution is -2.60. The van der Waals surface area contributed by atoms with Crippen LogP contribution in [0.5, 0.6) is 0 Å². The maximum atomic E-state index is 2.67. The lowest BCUT2D eigenvalue weighted by atomic mass is 9.36. The molecule has 0 N–H and O–H groups in total. The summed E-state index contributed by atoms with van der Waals surface area (Å²) in [5.41, 5.74) is 24.1. The molecule has 0 spiro atoms. The average molecular weight is 970 g/mol. The van der Waals surface area contributed by atoms with Crippen molar-refractivity contribution in [2.24, 2.45) is 0 Å². The number of benzene rings is 8. The Morgan fingerprint density at radius 1 is 0.521 bits per heavy atom. The summed E-state index contributed by atoms with van der Waals surface area (Å²) in [5, 5.41) is 1.34. The van der Waals surface area contributed by atoms with E-state index in [-0.39, 0.29) is 28.4 Å². The minimum Gasteiger partial charge on any atom is -0.311 e. The van der Waals surface area contributed by atoms with Gasteiger partial charge in [0.05, 0.1) is 11.4 Å². The van der Waals surface area contributed by atoms with Crippen LogP contribution >= 0.6 is 11.3 Å². The quantitative estimate of drug-likeness (QED) is 0.154. The molecule has 0 amide bonds. The highest BCUT2D eigenvalue weighted by Gasteiger charge is 2.47. The molecular weight excluding hydrogens is 902 g/mol. The Morgan fingerprint density at radius 2 is 1.07 bits per heavy atom. The van der Waals surface area contributed by atoms with E-state index in [1.54, 1.807) is 0 Å². The van der Waals surface area contributed by atoms with E-state index in [4.69, 9.17) is 0 Å². The lowest BCUT2D eigenvalue weighted by molar-refractivity contribution is 0.332. The zero-order valence-electron chi connectivity index (χ0n) is 44.9. The minimum absolute atomic E-state index is 0.0146. The second-order valence-corrected chi connectivity index (χ2v) is 25.8. The molecule has 0 radical (unpaired) electrons. The largest absolute Gasteiger partial charge is 0.311 e. The first-order chi connectivity index (χ1) is 34.8. The van der Waals surface area contributed by atoms with Crippen molar-refractivity contribution in [1.29, 1.82) is 0 Å². The molecule has 3 aliphatic rings. The van der Waals surface area contributed by atoms with Crippen molar-refractivity contribution in [2.75, 3.05) is 14.7 Å². The molecule has 3 heterocycles. The second-order valence-electron chi connectivity index (χ2n) is 24.7. The third kappa shape index (κ3) is 7.84. The number of thiophene rings is 1. The minimum atomic E-state index is -0.0512. The summed E-state index contributed by atoms with van der Waals surface area (Å²) in [5.74, 6) is 0. The molecule has 1 aliphatic carbocycles. The van der Waals surface area contributed by atoms with Gasteiger partial charge in [0.1, 0.15) is 0 Å². The highest BCUT2D eigenvalue weighted by molar-refractivity contribution is 7.33. The molecule has 12 rings (SSSR count). The summed E-state index contributed by atoms with van der Waals surface area (Å²) in [6.45, 7) is 28.3. The molecule has 2 aliphatic heterocycles. The fourth-order valence-corrected chi connectivity index (χ4v) is 13.6. The Labute approximate surface area is 439 Å². The van der Waals surface area contributed by atoms with Crippen molar-refractivity contribution in [3.63, 3.8) is 0 Å². The van der Waals surface area contributed by atoms with Gasteiger partial charge in [-0.1, -0.05) is 166 Å². The van der Waals surface area contributed by atoms with E-state index in [0.29, 0.717) is 0 Å². The van der Waals surface area contributed by atoms with Crippen LogP contribution < -0.4 is 30.4 Å². The highest BCUT2D eigenvalue weighted by Crippen LogP contribution is 2.54. The molecule has 0 fully saturated rings. The fraction of sp³-hybridized carbons (Fsp3) is 0.265. The van der Waals surface area contributed by atoms with Crippen LogP contribution in [0.3, 0.4) is 0 Å². The van der Waals surface area contributed by atoms with Crippen LogP contribution in [0.2, 0.25) is 0 Å². The van der Waals surface area contributed by atoms with Crippen molar-refractivity contribution >= 4 is 95.0 Å². The number of anilines is 9. The maximum Gasteiger partial charge on any atom is 0.264 e. The van der Waals surface area contributed by atoms with Crippen molar-refractivity contribution in [3.8, 4) is 11.1 Å². The van der Waals surface area contributed by atoms with Gasteiger partial charge in [-0.15, -0.1) is 11.3 Å². The summed E-state index contributed by atoms with van der Waals surface area (Å²) in [4.78, 5) is 7.71. The Hall–Kier alpha value is -6.82. The van der Waals surface area contributed by atoms with Gasteiger partial charge in [-0.2, -0.15) is 0 Å². The molecule has 3 nitrogen and oxygen atoms in total. The molecule has 5 heteroatoms. The molecule has 9 aromatic rings. The van der Waals surface area contributed by atoms with Gasteiger partial charge in [-0.25, -0.2) is 0 Å². The van der Waals surface area contributed by atoms with Gasteiger partial charge < -0.3 is 14.7 Å². The molecule has 1 aromatic heterocycles. The molecule has 0 saturated carbocycles. The number of fused-ring (bicyclic) bond motifs is 7. The first-order valence-electron chi connectivity index (χ1n) is 26.5. The standard InChI is InChI=1S/C68H68BN3S/c1-43-23-24-44(2)53(37-43)45-25-30-51(31-26-45)72-60-40-52(70(48-19-15-13-16-20-48)49-21-17-14-18-22-49)39-59-62(60)69(64-63(72)54-41-55-56(42-61(54)73-64)68(11,12)36-35-67(55,9)10)57-38-47(66(6,7)8)29-34-58(57)71(59)50-32-27-46(28-33-50)65(3,4)5/h13-34,37-42H,35-36H2,1-12H3. The molecule has 0 atom stereocenters. The number of aryl methyl sites for hydroxylation is 2. The van der Waals surface area contributed by atoms with E-state index in [1.165, 1.54) is 99.5 Å². The van der Waals surface area contributed by atoms with Crippen molar-refractivity contribution < 1.29 is 0 Å². The monoisotopic (exact) mass is 970 g/mol. The third-order valence-electron chi connectivity index (χ3n) is 16.6. The van der Waals surface area contributed by atoms with E-state index in [0.717, 1.165) is 34.9 Å². The van der Waals surface area contributed by atoms with Crippen LogP contribution in [-0.2, 0) is 21.7 Å². The Morgan fingerprint density at radius 3 is 1.67 bits per heavy atom. The predicted octanol–water partition coefficient (Wildman–Crippen LogP) is 17.7. The van der Waals surface area contributed by atoms with Gasteiger partial charge in [0, 0.05) is 54.7 Å². The third-order valence-corrected chi connectivity index (χ3v) is 17.8. The first kappa shape index (κ1) is 47.2. The molecular formula is C68H68BN3S. The number of nitrogens with zero attached hydrogens (tertiary/aromatic N) is 3. The van der Waals surface area contributed by atoms with Gasteiger partial charge in [-0.3, -0.25) is 0 Å². The van der Waals surface area contributed by atoms with Crippen molar-refractivity contribution in [1.82, 2.24) is 0 Å². The molecule has 0 unspecified atom stereocenters. The van der Waals surface area contributed by atoms with Crippen LogP contribution in [0.25, 0.3) is 21.2 Å². The number of para-hydroxylation sites is 2. The fourth-order valence-electron chi connectivity index (χ4n) is 12.2. The Kier molecular flexibility index (Phi) is 10.9. The van der Waals surface area contributed by atoms with Crippen LogP contribution in [0, 0.1) is 13.8 Å². The normalized spacial score (nSPS) is 15.4.